The number of nitrogens with zero attached hydrogens (tertiary/aromatic N) is 1. The van der Waals surface area contributed by atoms with Crippen molar-refractivity contribution in [1.29, 1.82) is 0 Å². The van der Waals surface area contributed by atoms with Gasteiger partial charge in [0.1, 0.15) is 12.4 Å². The standard InChI is InChI=1S/C25H30ClN3O5/c1-17(11-18-3-5-22-23(12-18)34-16-33-22)14-29-9-2-7-28-25(31)20-13-19(26)4-6-21(20)32-10-8-27-24(30)15-29/h3-6,12-13,17H,2,7-11,14-16H2,1H3,(H,27,30)(H,28,31). The van der Waals surface area contributed by atoms with Crippen LogP contribution in [-0.4, -0.2) is 62.8 Å². The van der Waals surface area contributed by atoms with Crippen LogP contribution in [0.5, 0.6) is 17.2 Å². The van der Waals surface area contributed by atoms with Crippen molar-refractivity contribution in [1.82, 2.24) is 15.5 Å². The molecule has 2 aliphatic heterocycles. The van der Waals surface area contributed by atoms with Gasteiger partial charge in [-0.05, 0) is 54.7 Å². The van der Waals surface area contributed by atoms with E-state index in [0.29, 0.717) is 54.9 Å². The van der Waals surface area contributed by atoms with E-state index in [1.54, 1.807) is 18.2 Å². The molecule has 0 spiro atoms. The van der Waals surface area contributed by atoms with Crippen molar-refractivity contribution in [2.24, 2.45) is 5.92 Å². The van der Waals surface area contributed by atoms with Gasteiger partial charge in [0.25, 0.3) is 5.91 Å². The van der Waals surface area contributed by atoms with Crippen molar-refractivity contribution in [2.75, 3.05) is 46.1 Å². The van der Waals surface area contributed by atoms with Crippen molar-refractivity contribution in [3.8, 4) is 17.2 Å². The molecule has 182 valence electrons. The maximum Gasteiger partial charge on any atom is 0.255 e. The molecule has 34 heavy (non-hydrogen) atoms. The van der Waals surface area contributed by atoms with Crippen LogP contribution >= 0.6 is 11.6 Å². The van der Waals surface area contributed by atoms with Crippen LogP contribution in [0.4, 0.5) is 0 Å². The number of amides is 2. The van der Waals surface area contributed by atoms with Crippen LogP contribution in [0.3, 0.4) is 0 Å². The molecule has 8 nitrogen and oxygen atoms in total. The van der Waals surface area contributed by atoms with Gasteiger partial charge >= 0.3 is 0 Å². The normalized spacial score (nSPS) is 18.2. The van der Waals surface area contributed by atoms with E-state index in [1.165, 1.54) is 5.56 Å². The number of ether oxygens (including phenoxy) is 3. The number of hydrogen-bond donors (Lipinski definition) is 2. The van der Waals surface area contributed by atoms with Crippen LogP contribution in [-0.2, 0) is 11.2 Å². The Morgan fingerprint density at radius 1 is 1.00 bits per heavy atom. The van der Waals surface area contributed by atoms with E-state index in [1.807, 2.05) is 12.1 Å². The summed E-state index contributed by atoms with van der Waals surface area (Å²) >= 11 is 6.08. The maximum absolute atomic E-state index is 12.7. The highest BCUT2D eigenvalue weighted by molar-refractivity contribution is 6.31. The van der Waals surface area contributed by atoms with Crippen LogP contribution < -0.4 is 24.8 Å². The molecule has 0 saturated heterocycles. The van der Waals surface area contributed by atoms with Gasteiger partial charge in [0.15, 0.2) is 11.5 Å². The van der Waals surface area contributed by atoms with Crippen LogP contribution in [0.15, 0.2) is 36.4 Å². The van der Waals surface area contributed by atoms with Crippen LogP contribution in [0.25, 0.3) is 0 Å². The summed E-state index contributed by atoms with van der Waals surface area (Å²) in [5.41, 5.74) is 1.56. The Hall–Kier alpha value is -2.97. The molecule has 0 bridgehead atoms. The Balaban J connectivity index is 1.36. The minimum Gasteiger partial charge on any atom is -0.491 e. The molecular weight excluding hydrogens is 458 g/mol. The van der Waals surface area contributed by atoms with Gasteiger partial charge in [0, 0.05) is 24.7 Å². The molecule has 1 unspecified atom stereocenters. The lowest BCUT2D eigenvalue weighted by Gasteiger charge is -2.26. The molecule has 4 rings (SSSR count). The first kappa shape index (κ1) is 24.2. The topological polar surface area (TPSA) is 89.1 Å². The van der Waals surface area contributed by atoms with E-state index in [-0.39, 0.29) is 25.2 Å². The van der Waals surface area contributed by atoms with Crippen molar-refractivity contribution < 1.29 is 23.8 Å². The summed E-state index contributed by atoms with van der Waals surface area (Å²) in [5, 5.41) is 6.31. The fraction of sp³-hybridized carbons (Fsp3) is 0.440. The molecule has 9 heteroatoms. The molecule has 2 aromatic carbocycles. The first-order valence-corrected chi connectivity index (χ1v) is 11.9. The largest absolute Gasteiger partial charge is 0.491 e. The fourth-order valence-electron chi connectivity index (χ4n) is 4.23. The van der Waals surface area contributed by atoms with Gasteiger partial charge in [0.05, 0.1) is 18.7 Å². The van der Waals surface area contributed by atoms with E-state index in [4.69, 9.17) is 25.8 Å². The number of hydrogen-bond acceptors (Lipinski definition) is 6. The van der Waals surface area contributed by atoms with Crippen LogP contribution in [0.2, 0.25) is 5.02 Å². The first-order chi connectivity index (χ1) is 16.5. The van der Waals surface area contributed by atoms with Crippen LogP contribution in [0, 0.1) is 5.92 Å². The van der Waals surface area contributed by atoms with Gasteiger partial charge in [-0.3, -0.25) is 14.5 Å². The number of nitrogens with one attached hydrogen (secondary N) is 2. The molecule has 0 saturated carbocycles. The molecule has 2 aliphatic rings. The predicted molar refractivity (Wildman–Crippen MR) is 129 cm³/mol. The van der Waals surface area contributed by atoms with E-state index < -0.39 is 0 Å². The van der Waals surface area contributed by atoms with Gasteiger partial charge in [-0.25, -0.2) is 0 Å². The third kappa shape index (κ3) is 6.55. The van der Waals surface area contributed by atoms with Crippen molar-refractivity contribution in [3.63, 3.8) is 0 Å². The quantitative estimate of drug-likeness (QED) is 0.689. The zero-order chi connectivity index (χ0) is 23.9. The average molecular weight is 488 g/mol. The van der Waals surface area contributed by atoms with Gasteiger partial charge in [-0.15, -0.1) is 0 Å². The minimum absolute atomic E-state index is 0.0451. The van der Waals surface area contributed by atoms with Gasteiger partial charge < -0.3 is 24.8 Å². The average Bonchev–Trinajstić information content (AvgIpc) is 3.27. The second-order valence-electron chi connectivity index (χ2n) is 8.68. The maximum atomic E-state index is 12.7. The van der Waals surface area contributed by atoms with E-state index in [2.05, 4.69) is 28.5 Å². The molecule has 0 aliphatic carbocycles. The SMILES string of the molecule is CC(Cc1ccc2c(c1)OCO2)CN1CCCNC(=O)c2cc(Cl)ccc2OCCNC(=O)C1. The highest BCUT2D eigenvalue weighted by Gasteiger charge is 2.19. The Bertz CT molecular complexity index is 1030. The lowest BCUT2D eigenvalue weighted by Crippen LogP contribution is -2.42. The van der Waals surface area contributed by atoms with Gasteiger partial charge in [0.2, 0.25) is 12.7 Å². The molecular formula is C25H30ClN3O5. The Morgan fingerprint density at radius 2 is 1.82 bits per heavy atom. The number of rotatable bonds is 4. The number of carbonyl (C=O) groups is 2. The summed E-state index contributed by atoms with van der Waals surface area (Å²) in [5.74, 6) is 2.06. The molecule has 0 fully saturated rings. The Labute approximate surface area is 204 Å². The monoisotopic (exact) mass is 487 g/mol. The van der Waals surface area contributed by atoms with Crippen molar-refractivity contribution >= 4 is 23.4 Å². The Morgan fingerprint density at radius 3 is 2.71 bits per heavy atom. The highest BCUT2D eigenvalue weighted by Crippen LogP contribution is 2.33. The molecule has 0 aromatic heterocycles. The summed E-state index contributed by atoms with van der Waals surface area (Å²) in [4.78, 5) is 27.4. The second-order valence-corrected chi connectivity index (χ2v) is 9.12. The molecule has 2 heterocycles. The summed E-state index contributed by atoms with van der Waals surface area (Å²) in [6, 6.07) is 11.0. The van der Waals surface area contributed by atoms with Gasteiger partial charge in [-0.1, -0.05) is 24.6 Å². The van der Waals surface area contributed by atoms with Crippen LogP contribution in [0.1, 0.15) is 29.3 Å². The summed E-state index contributed by atoms with van der Waals surface area (Å²) < 4.78 is 16.6. The number of halogens is 1. The number of benzene rings is 2. The highest BCUT2D eigenvalue weighted by atomic mass is 35.5. The zero-order valence-corrected chi connectivity index (χ0v) is 20.0. The zero-order valence-electron chi connectivity index (χ0n) is 19.3. The van der Waals surface area contributed by atoms with Gasteiger partial charge in [-0.2, -0.15) is 0 Å². The number of carbonyl (C=O) groups excluding carboxylic acids is 2. The van der Waals surface area contributed by atoms with Crippen molar-refractivity contribution in [2.45, 2.75) is 19.8 Å². The lowest BCUT2D eigenvalue weighted by atomic mass is 10.00. The third-order valence-corrected chi connectivity index (χ3v) is 6.00. The number of fused-ring (bicyclic) bond motifs is 2. The minimum atomic E-state index is -0.221. The van der Waals surface area contributed by atoms with E-state index in [0.717, 1.165) is 24.5 Å². The molecule has 2 aromatic rings. The summed E-state index contributed by atoms with van der Waals surface area (Å²) in [7, 11) is 0. The van der Waals surface area contributed by atoms with E-state index in [9.17, 15) is 9.59 Å². The molecule has 2 amide bonds. The summed E-state index contributed by atoms with van der Waals surface area (Å²) in [6.45, 7) is 5.27. The van der Waals surface area contributed by atoms with E-state index >= 15 is 0 Å². The summed E-state index contributed by atoms with van der Waals surface area (Å²) in [6.07, 6.45) is 1.57. The first-order valence-electron chi connectivity index (χ1n) is 11.6. The smallest absolute Gasteiger partial charge is 0.255 e. The lowest BCUT2D eigenvalue weighted by molar-refractivity contribution is -0.122. The van der Waals surface area contributed by atoms with Crippen molar-refractivity contribution in [3.05, 3.63) is 52.5 Å². The predicted octanol–water partition coefficient (Wildman–Crippen LogP) is 2.88. The second kappa shape index (κ2) is 11.4. The molecule has 0 radical (unpaired) electrons. The molecule has 1 atom stereocenters. The Kier molecular flexibility index (Phi) is 8.13. The fourth-order valence-corrected chi connectivity index (χ4v) is 4.40. The molecule has 2 N–H and O–H groups in total. The third-order valence-electron chi connectivity index (χ3n) is 5.76.